The average Bonchev–Trinajstić information content (AvgIpc) is 2.69. The Labute approximate surface area is 174 Å². The second-order valence-corrected chi connectivity index (χ2v) is 6.81. The molecule has 1 amide bonds. The first-order chi connectivity index (χ1) is 14.2. The highest BCUT2D eigenvalue weighted by Gasteiger charge is 2.19. The van der Waals surface area contributed by atoms with E-state index in [9.17, 15) is 18.4 Å². The molecule has 0 radical (unpaired) electrons. The topological polar surface area (TPSA) is 67.9 Å². The predicted octanol–water partition coefficient (Wildman–Crippen LogP) is 4.35. The highest BCUT2D eigenvalue weighted by Crippen LogP contribution is 2.30. The Kier molecular flexibility index (Phi) is 8.29. The van der Waals surface area contributed by atoms with E-state index in [1.54, 1.807) is 57.3 Å². The number of ketones is 1. The fourth-order valence-corrected chi connectivity index (χ4v) is 2.77. The standard InChI is InChI=1S/C22H26F2N2O4/c1-5-29-20-12-16(6-11-19(20)30-22(23)24)13-26(4)14(2)21(28)25-18-9-7-17(8-10-18)15(3)27/h6-12,14,22H,5,13H2,1-4H3,(H,25,28). The number of nitrogens with zero attached hydrogens (tertiary/aromatic N) is 1. The summed E-state index contributed by atoms with van der Waals surface area (Å²) < 4.78 is 34.9. The third-order valence-corrected chi connectivity index (χ3v) is 4.56. The number of amides is 1. The smallest absolute Gasteiger partial charge is 0.387 e. The van der Waals surface area contributed by atoms with E-state index < -0.39 is 12.7 Å². The molecule has 0 aromatic heterocycles. The molecule has 0 bridgehead atoms. The highest BCUT2D eigenvalue weighted by molar-refractivity contribution is 5.96. The minimum Gasteiger partial charge on any atom is -0.490 e. The van der Waals surface area contributed by atoms with Gasteiger partial charge in [-0.05, 0) is 69.8 Å². The molecule has 1 atom stereocenters. The largest absolute Gasteiger partial charge is 0.490 e. The zero-order chi connectivity index (χ0) is 22.3. The van der Waals surface area contributed by atoms with Crippen molar-refractivity contribution >= 4 is 17.4 Å². The molecule has 30 heavy (non-hydrogen) atoms. The highest BCUT2D eigenvalue weighted by atomic mass is 19.3. The van der Waals surface area contributed by atoms with Gasteiger partial charge in [-0.2, -0.15) is 8.78 Å². The Morgan fingerprint density at radius 3 is 2.33 bits per heavy atom. The van der Waals surface area contributed by atoms with Gasteiger partial charge >= 0.3 is 6.61 Å². The molecule has 0 spiro atoms. The van der Waals surface area contributed by atoms with Crippen molar-refractivity contribution in [2.45, 2.75) is 40.0 Å². The lowest BCUT2D eigenvalue weighted by atomic mass is 10.1. The zero-order valence-electron chi connectivity index (χ0n) is 17.4. The summed E-state index contributed by atoms with van der Waals surface area (Å²) >= 11 is 0. The fourth-order valence-electron chi connectivity index (χ4n) is 2.77. The molecule has 0 aliphatic rings. The fraction of sp³-hybridized carbons (Fsp3) is 0.364. The van der Waals surface area contributed by atoms with Crippen molar-refractivity contribution in [1.82, 2.24) is 4.90 Å². The number of Topliss-reactive ketones (excluding diaryl/α,β-unsaturated/α-hetero) is 1. The molecule has 0 heterocycles. The maximum absolute atomic E-state index is 12.6. The quantitative estimate of drug-likeness (QED) is 0.579. The number of ether oxygens (including phenoxy) is 2. The Hall–Kier alpha value is -3.00. The van der Waals surface area contributed by atoms with Crippen molar-refractivity contribution in [2.75, 3.05) is 19.0 Å². The van der Waals surface area contributed by atoms with Gasteiger partial charge in [0.25, 0.3) is 0 Å². The van der Waals surface area contributed by atoms with Gasteiger partial charge in [-0.1, -0.05) is 6.07 Å². The molecule has 2 rings (SSSR count). The first-order valence-corrected chi connectivity index (χ1v) is 9.54. The molecule has 0 fully saturated rings. The third kappa shape index (κ3) is 6.52. The van der Waals surface area contributed by atoms with Crippen LogP contribution in [0.4, 0.5) is 14.5 Å². The molecule has 162 valence electrons. The summed E-state index contributed by atoms with van der Waals surface area (Å²) in [5.41, 5.74) is 1.95. The van der Waals surface area contributed by atoms with Gasteiger partial charge in [0.05, 0.1) is 12.6 Å². The van der Waals surface area contributed by atoms with Crippen molar-refractivity contribution < 1.29 is 27.8 Å². The lowest BCUT2D eigenvalue weighted by Gasteiger charge is -2.24. The molecule has 0 aliphatic heterocycles. The van der Waals surface area contributed by atoms with Crippen LogP contribution >= 0.6 is 0 Å². The van der Waals surface area contributed by atoms with Crippen molar-refractivity contribution in [3.05, 3.63) is 53.6 Å². The van der Waals surface area contributed by atoms with Gasteiger partial charge in [0.15, 0.2) is 17.3 Å². The summed E-state index contributed by atoms with van der Waals surface area (Å²) in [7, 11) is 1.78. The molecule has 0 saturated heterocycles. The maximum Gasteiger partial charge on any atom is 0.387 e. The van der Waals surface area contributed by atoms with Crippen LogP contribution in [-0.4, -0.2) is 42.9 Å². The molecule has 1 N–H and O–H groups in total. The van der Waals surface area contributed by atoms with Crippen LogP contribution < -0.4 is 14.8 Å². The van der Waals surface area contributed by atoms with Crippen LogP contribution in [0.15, 0.2) is 42.5 Å². The van der Waals surface area contributed by atoms with Crippen LogP contribution in [0.3, 0.4) is 0 Å². The number of anilines is 1. The third-order valence-electron chi connectivity index (χ3n) is 4.56. The lowest BCUT2D eigenvalue weighted by Crippen LogP contribution is -2.39. The number of carbonyl (C=O) groups excluding carboxylic acids is 2. The van der Waals surface area contributed by atoms with E-state index in [0.717, 1.165) is 5.56 Å². The Balaban J connectivity index is 2.03. The van der Waals surface area contributed by atoms with E-state index in [-0.39, 0.29) is 23.2 Å². The summed E-state index contributed by atoms with van der Waals surface area (Å²) in [5, 5.41) is 2.82. The average molecular weight is 420 g/mol. The van der Waals surface area contributed by atoms with Crippen LogP contribution in [0.2, 0.25) is 0 Å². The monoisotopic (exact) mass is 420 g/mol. The van der Waals surface area contributed by atoms with Gasteiger partial charge in [0, 0.05) is 17.8 Å². The van der Waals surface area contributed by atoms with Crippen LogP contribution in [0, 0.1) is 0 Å². The van der Waals surface area contributed by atoms with Crippen LogP contribution in [-0.2, 0) is 11.3 Å². The number of benzene rings is 2. The normalized spacial score (nSPS) is 12.0. The summed E-state index contributed by atoms with van der Waals surface area (Å²) in [4.78, 5) is 25.7. The Morgan fingerprint density at radius 1 is 1.10 bits per heavy atom. The minimum atomic E-state index is -2.94. The molecule has 8 heteroatoms. The molecule has 1 unspecified atom stereocenters. The van der Waals surface area contributed by atoms with Crippen molar-refractivity contribution in [3.63, 3.8) is 0 Å². The molecule has 0 saturated carbocycles. The molecule has 0 aliphatic carbocycles. The first kappa shape index (κ1) is 23.3. The summed E-state index contributed by atoms with van der Waals surface area (Å²) in [6.45, 7) is 2.75. The summed E-state index contributed by atoms with van der Waals surface area (Å²) in [6, 6.07) is 10.9. The van der Waals surface area contributed by atoms with Gasteiger partial charge in [0.2, 0.25) is 5.91 Å². The number of alkyl halides is 2. The number of likely N-dealkylation sites (N-methyl/N-ethyl adjacent to an activating group) is 1. The Bertz CT molecular complexity index is 872. The number of carbonyl (C=O) groups is 2. The van der Waals surface area contributed by atoms with Crippen molar-refractivity contribution in [2.24, 2.45) is 0 Å². The second kappa shape index (κ2) is 10.7. The Morgan fingerprint density at radius 2 is 1.77 bits per heavy atom. The van der Waals surface area contributed by atoms with Gasteiger partial charge in [-0.3, -0.25) is 14.5 Å². The first-order valence-electron chi connectivity index (χ1n) is 9.54. The summed E-state index contributed by atoms with van der Waals surface area (Å²) in [6.07, 6.45) is 0. The molecular weight excluding hydrogens is 394 g/mol. The number of halogens is 2. The SMILES string of the molecule is CCOc1cc(CN(C)C(C)C(=O)Nc2ccc(C(C)=O)cc2)ccc1OC(F)F. The molecule has 2 aromatic rings. The second-order valence-electron chi connectivity index (χ2n) is 6.81. The zero-order valence-corrected chi connectivity index (χ0v) is 17.4. The minimum absolute atomic E-state index is 0.0296. The van der Waals surface area contributed by atoms with E-state index in [2.05, 4.69) is 10.1 Å². The van der Waals surface area contributed by atoms with E-state index in [4.69, 9.17) is 4.74 Å². The van der Waals surface area contributed by atoms with E-state index >= 15 is 0 Å². The summed E-state index contributed by atoms with van der Waals surface area (Å²) in [5.74, 6) is -0.0578. The number of hydrogen-bond donors (Lipinski definition) is 1. The molecule has 2 aromatic carbocycles. The van der Waals surface area contributed by atoms with Crippen LogP contribution in [0.1, 0.15) is 36.7 Å². The maximum atomic E-state index is 12.6. The van der Waals surface area contributed by atoms with Crippen LogP contribution in [0.25, 0.3) is 0 Å². The van der Waals surface area contributed by atoms with Crippen molar-refractivity contribution in [1.29, 1.82) is 0 Å². The number of hydrogen-bond acceptors (Lipinski definition) is 5. The van der Waals surface area contributed by atoms with E-state index in [1.165, 1.54) is 13.0 Å². The number of nitrogens with one attached hydrogen (secondary N) is 1. The van der Waals surface area contributed by atoms with Gasteiger partial charge in [-0.15, -0.1) is 0 Å². The molecule has 6 nitrogen and oxygen atoms in total. The van der Waals surface area contributed by atoms with Gasteiger partial charge in [-0.25, -0.2) is 0 Å². The van der Waals surface area contributed by atoms with E-state index in [1.807, 2.05) is 4.90 Å². The van der Waals surface area contributed by atoms with Crippen molar-refractivity contribution in [3.8, 4) is 11.5 Å². The lowest BCUT2D eigenvalue weighted by molar-refractivity contribution is -0.120. The van der Waals surface area contributed by atoms with Crippen LogP contribution in [0.5, 0.6) is 11.5 Å². The predicted molar refractivity (Wildman–Crippen MR) is 110 cm³/mol. The van der Waals surface area contributed by atoms with Gasteiger partial charge in [0.1, 0.15) is 0 Å². The van der Waals surface area contributed by atoms with E-state index in [0.29, 0.717) is 24.4 Å². The van der Waals surface area contributed by atoms with Gasteiger partial charge < -0.3 is 14.8 Å². The molecular formula is C22H26F2N2O4. The number of rotatable bonds is 10.